The van der Waals surface area contributed by atoms with Gasteiger partial charge in [-0.25, -0.2) is 0 Å². The summed E-state index contributed by atoms with van der Waals surface area (Å²) in [7, 11) is 0. The second-order valence-electron chi connectivity index (χ2n) is 5.29. The quantitative estimate of drug-likeness (QED) is 0.824. The highest BCUT2D eigenvalue weighted by Gasteiger charge is 2.41. The van der Waals surface area contributed by atoms with Gasteiger partial charge in [-0.15, -0.1) is 0 Å². The molecule has 1 aliphatic rings. The van der Waals surface area contributed by atoms with Crippen LogP contribution in [0.1, 0.15) is 37.6 Å². The van der Waals surface area contributed by atoms with E-state index >= 15 is 0 Å². The molecule has 100 valence electrons. The number of hydrogen-bond donors (Lipinski definition) is 2. The number of likely N-dealkylation sites (tertiary alicyclic amines) is 1. The number of carbonyl (C=O) groups is 1. The van der Waals surface area contributed by atoms with Crippen LogP contribution in [0.15, 0.2) is 10.6 Å². The molecule has 0 amide bonds. The van der Waals surface area contributed by atoms with Crippen molar-refractivity contribution >= 4 is 5.97 Å². The van der Waals surface area contributed by atoms with Gasteiger partial charge in [-0.1, -0.05) is 19.0 Å². The molecule has 1 aromatic heterocycles. The summed E-state index contributed by atoms with van der Waals surface area (Å²) in [5.41, 5.74) is 5.61. The Balaban J connectivity index is 1.97. The van der Waals surface area contributed by atoms with Crippen LogP contribution in [-0.4, -0.2) is 39.8 Å². The molecule has 0 saturated carbocycles. The Bertz CT molecular complexity index is 444. The highest BCUT2D eigenvalue weighted by atomic mass is 16.5. The third-order valence-electron chi connectivity index (χ3n) is 3.35. The number of nitrogens with zero attached hydrogens (tertiary/aromatic N) is 2. The molecule has 0 aromatic carbocycles. The molecule has 1 fully saturated rings. The lowest BCUT2D eigenvalue weighted by atomic mass is 10.0. The van der Waals surface area contributed by atoms with Crippen LogP contribution in [0, 0.1) is 0 Å². The van der Waals surface area contributed by atoms with Crippen molar-refractivity contribution in [1.29, 1.82) is 0 Å². The van der Waals surface area contributed by atoms with Gasteiger partial charge in [0.2, 0.25) is 0 Å². The van der Waals surface area contributed by atoms with Crippen LogP contribution in [0.5, 0.6) is 0 Å². The van der Waals surface area contributed by atoms with Gasteiger partial charge < -0.3 is 15.4 Å². The molecule has 6 heteroatoms. The van der Waals surface area contributed by atoms with Crippen LogP contribution in [0.2, 0.25) is 0 Å². The Morgan fingerprint density at radius 2 is 2.44 bits per heavy atom. The number of carboxylic acids is 1. The monoisotopic (exact) mass is 253 g/mol. The molecule has 18 heavy (non-hydrogen) atoms. The first kappa shape index (κ1) is 13.0. The Labute approximate surface area is 106 Å². The Hall–Kier alpha value is -1.40. The van der Waals surface area contributed by atoms with Crippen LogP contribution in [0.3, 0.4) is 0 Å². The normalized spacial score (nSPS) is 24.9. The van der Waals surface area contributed by atoms with E-state index in [1.165, 1.54) is 0 Å². The van der Waals surface area contributed by atoms with Gasteiger partial charge in [0, 0.05) is 19.2 Å². The van der Waals surface area contributed by atoms with Crippen molar-refractivity contribution in [1.82, 2.24) is 10.1 Å². The average molecular weight is 253 g/mol. The SMILES string of the molecule is CC(C)c1cc(CN2CC[C@@](N)(C(=O)O)C2)on1. The number of aromatic nitrogens is 1. The number of hydrogen-bond acceptors (Lipinski definition) is 5. The highest BCUT2D eigenvalue weighted by Crippen LogP contribution is 2.22. The van der Waals surface area contributed by atoms with Gasteiger partial charge in [0.25, 0.3) is 0 Å². The molecule has 6 nitrogen and oxygen atoms in total. The predicted octanol–water partition coefficient (Wildman–Crippen LogP) is 0.786. The van der Waals surface area contributed by atoms with E-state index in [0.717, 1.165) is 11.5 Å². The van der Waals surface area contributed by atoms with Gasteiger partial charge in [0.15, 0.2) is 5.76 Å². The van der Waals surface area contributed by atoms with E-state index in [-0.39, 0.29) is 0 Å². The molecule has 1 aliphatic heterocycles. The zero-order valence-corrected chi connectivity index (χ0v) is 10.7. The maximum absolute atomic E-state index is 11.0. The summed E-state index contributed by atoms with van der Waals surface area (Å²) in [5, 5.41) is 13.0. The van der Waals surface area contributed by atoms with Crippen molar-refractivity contribution in [2.24, 2.45) is 5.73 Å². The highest BCUT2D eigenvalue weighted by molar-refractivity contribution is 5.79. The van der Waals surface area contributed by atoms with E-state index in [4.69, 9.17) is 15.4 Å². The van der Waals surface area contributed by atoms with Crippen molar-refractivity contribution < 1.29 is 14.4 Å². The summed E-state index contributed by atoms with van der Waals surface area (Å²) < 4.78 is 5.24. The van der Waals surface area contributed by atoms with Gasteiger partial charge >= 0.3 is 5.97 Å². The first-order chi connectivity index (χ1) is 8.40. The van der Waals surface area contributed by atoms with Crippen LogP contribution < -0.4 is 5.73 Å². The van der Waals surface area contributed by atoms with E-state index in [2.05, 4.69) is 5.16 Å². The van der Waals surface area contributed by atoms with E-state index in [9.17, 15) is 4.79 Å². The lowest BCUT2D eigenvalue weighted by Gasteiger charge is -2.18. The smallest absolute Gasteiger partial charge is 0.325 e. The van der Waals surface area contributed by atoms with Crippen molar-refractivity contribution in [3.8, 4) is 0 Å². The standard InChI is InChI=1S/C12H19N3O3/c1-8(2)10-5-9(18-14-10)6-15-4-3-12(13,7-15)11(16)17/h5,8H,3-4,6-7,13H2,1-2H3,(H,16,17)/t12-/m0/s1. The van der Waals surface area contributed by atoms with Crippen molar-refractivity contribution in [2.75, 3.05) is 13.1 Å². The molecule has 0 unspecified atom stereocenters. The first-order valence-corrected chi connectivity index (χ1v) is 6.11. The minimum absolute atomic E-state index is 0.327. The minimum Gasteiger partial charge on any atom is -0.480 e. The maximum Gasteiger partial charge on any atom is 0.325 e. The topological polar surface area (TPSA) is 92.6 Å². The molecule has 3 N–H and O–H groups in total. The van der Waals surface area contributed by atoms with Crippen molar-refractivity contribution in [2.45, 2.75) is 38.3 Å². The third-order valence-corrected chi connectivity index (χ3v) is 3.35. The largest absolute Gasteiger partial charge is 0.480 e. The Kier molecular flexibility index (Phi) is 3.41. The Morgan fingerprint density at radius 3 is 2.94 bits per heavy atom. The molecule has 2 heterocycles. The summed E-state index contributed by atoms with van der Waals surface area (Å²) in [4.78, 5) is 13.0. The Morgan fingerprint density at radius 1 is 1.72 bits per heavy atom. The van der Waals surface area contributed by atoms with Gasteiger partial charge in [0.1, 0.15) is 5.54 Å². The molecule has 1 saturated heterocycles. The van der Waals surface area contributed by atoms with Crippen LogP contribution >= 0.6 is 0 Å². The van der Waals surface area contributed by atoms with Crippen molar-refractivity contribution in [3.05, 3.63) is 17.5 Å². The second kappa shape index (κ2) is 4.70. The molecule has 2 rings (SSSR count). The fourth-order valence-electron chi connectivity index (χ4n) is 2.12. The lowest BCUT2D eigenvalue weighted by molar-refractivity contribution is -0.142. The molecule has 0 bridgehead atoms. The number of carboxylic acid groups (broad SMARTS) is 1. The summed E-state index contributed by atoms with van der Waals surface area (Å²) in [6, 6.07) is 1.92. The van der Waals surface area contributed by atoms with Gasteiger partial charge in [0.05, 0.1) is 12.2 Å². The van der Waals surface area contributed by atoms with Gasteiger partial charge in [-0.2, -0.15) is 0 Å². The summed E-state index contributed by atoms with van der Waals surface area (Å²) >= 11 is 0. The minimum atomic E-state index is -1.12. The molecular formula is C12H19N3O3. The number of rotatable bonds is 4. The van der Waals surface area contributed by atoms with Crippen molar-refractivity contribution in [3.63, 3.8) is 0 Å². The zero-order valence-electron chi connectivity index (χ0n) is 10.7. The molecule has 0 aliphatic carbocycles. The second-order valence-corrected chi connectivity index (χ2v) is 5.29. The summed E-state index contributed by atoms with van der Waals surface area (Å²) in [5.74, 6) is 0.146. The van der Waals surface area contributed by atoms with Crippen LogP contribution in [0.25, 0.3) is 0 Å². The van der Waals surface area contributed by atoms with E-state index in [1.807, 2.05) is 24.8 Å². The lowest BCUT2D eigenvalue weighted by Crippen LogP contribution is -2.49. The molecule has 0 spiro atoms. The molecule has 0 radical (unpaired) electrons. The number of aliphatic carboxylic acids is 1. The predicted molar refractivity (Wildman–Crippen MR) is 65.0 cm³/mol. The van der Waals surface area contributed by atoms with E-state index in [1.54, 1.807) is 0 Å². The fraction of sp³-hybridized carbons (Fsp3) is 0.667. The first-order valence-electron chi connectivity index (χ1n) is 6.11. The van der Waals surface area contributed by atoms with Crippen LogP contribution in [-0.2, 0) is 11.3 Å². The molecular weight excluding hydrogens is 234 g/mol. The van der Waals surface area contributed by atoms with E-state index < -0.39 is 11.5 Å². The average Bonchev–Trinajstić information content (AvgIpc) is 2.87. The summed E-state index contributed by atoms with van der Waals surface area (Å²) in [6.07, 6.45) is 0.466. The zero-order chi connectivity index (χ0) is 13.3. The van der Waals surface area contributed by atoms with Gasteiger partial charge in [-0.05, 0) is 12.3 Å². The summed E-state index contributed by atoms with van der Waals surface area (Å²) in [6.45, 7) is 5.67. The fourth-order valence-corrected chi connectivity index (χ4v) is 2.12. The molecule has 1 aromatic rings. The van der Waals surface area contributed by atoms with Crippen LogP contribution in [0.4, 0.5) is 0 Å². The van der Waals surface area contributed by atoms with Gasteiger partial charge in [-0.3, -0.25) is 9.69 Å². The maximum atomic E-state index is 11.0. The molecule has 1 atom stereocenters. The number of nitrogens with two attached hydrogens (primary N) is 1. The third kappa shape index (κ3) is 2.54. The van der Waals surface area contributed by atoms with E-state index in [0.29, 0.717) is 32.0 Å².